The van der Waals surface area contributed by atoms with E-state index in [4.69, 9.17) is 9.68 Å². The average molecular weight is 415 g/mol. The van der Waals surface area contributed by atoms with Gasteiger partial charge in [-0.2, -0.15) is 5.48 Å². The lowest BCUT2D eigenvalue weighted by Crippen LogP contribution is -2.25. The van der Waals surface area contributed by atoms with Crippen molar-refractivity contribution in [1.29, 1.82) is 0 Å². The Kier molecular flexibility index (Phi) is 6.05. The van der Waals surface area contributed by atoms with Crippen molar-refractivity contribution in [2.24, 2.45) is 0 Å². The minimum atomic E-state index is -0.674. The summed E-state index contributed by atoms with van der Waals surface area (Å²) in [4.78, 5) is 38.0. The summed E-state index contributed by atoms with van der Waals surface area (Å²) in [5, 5.41) is 0. The first-order valence-electron chi connectivity index (χ1n) is 9.76. The molecule has 1 aliphatic rings. The highest BCUT2D eigenvalue weighted by molar-refractivity contribution is 5.83. The largest absolute Gasteiger partial charge is 0.344 e. The molecule has 0 radical (unpaired) electrons. The van der Waals surface area contributed by atoms with Crippen LogP contribution < -0.4 is 11.0 Å². The minimum absolute atomic E-state index is 0.276. The number of nitrogens with one attached hydrogen (secondary N) is 2. The predicted molar refractivity (Wildman–Crippen MR) is 114 cm³/mol. The number of rotatable bonds is 7. The first-order chi connectivity index (χ1) is 15.2. The Morgan fingerprint density at radius 2 is 2.03 bits per heavy atom. The zero-order valence-corrected chi connectivity index (χ0v) is 16.8. The number of hydrogen-bond donors (Lipinski definition) is 2. The molecular formula is C24H21N3O4. The number of aryl methyl sites for hydroxylation is 1. The number of carbonyl (C=O) groups excluding carboxylic acids is 2. The number of carbonyl (C=O) groups is 2. The van der Waals surface area contributed by atoms with Gasteiger partial charge in [0.05, 0.1) is 5.70 Å². The molecule has 3 aromatic rings. The zero-order chi connectivity index (χ0) is 21.6. The van der Waals surface area contributed by atoms with E-state index in [1.165, 1.54) is 0 Å². The number of hydrogen-bond acceptors (Lipinski definition) is 6. The summed E-state index contributed by atoms with van der Waals surface area (Å²) in [6, 6.07) is 18.9. The van der Waals surface area contributed by atoms with E-state index in [2.05, 4.69) is 10.5 Å². The molecule has 0 spiro atoms. The van der Waals surface area contributed by atoms with Crippen molar-refractivity contribution >= 4 is 18.1 Å². The first-order valence-corrected chi connectivity index (χ1v) is 9.76. The normalized spacial score (nSPS) is 16.0. The third-order valence-electron chi connectivity index (χ3n) is 5.10. The van der Waals surface area contributed by atoms with Crippen LogP contribution in [-0.2, 0) is 19.3 Å². The SMILES string of the molecule is Cc1cc(C2C=C(c3cccnc3)NO2)ccc1C(C(=O)ONC=O)c1ccccc1. The lowest BCUT2D eigenvalue weighted by atomic mass is 9.87. The molecule has 1 amide bonds. The molecule has 156 valence electrons. The maximum atomic E-state index is 12.7. The van der Waals surface area contributed by atoms with Gasteiger partial charge in [-0.05, 0) is 47.4 Å². The van der Waals surface area contributed by atoms with E-state index < -0.39 is 11.9 Å². The van der Waals surface area contributed by atoms with Crippen LogP contribution >= 0.6 is 0 Å². The van der Waals surface area contributed by atoms with Crippen LogP contribution in [0.15, 0.2) is 79.1 Å². The van der Waals surface area contributed by atoms with Crippen LogP contribution in [0.1, 0.15) is 39.8 Å². The van der Waals surface area contributed by atoms with Crippen LogP contribution in [0.25, 0.3) is 5.70 Å². The van der Waals surface area contributed by atoms with E-state index in [1.807, 2.05) is 79.1 Å². The number of pyridine rings is 1. The molecule has 2 heterocycles. The number of nitrogens with zero attached hydrogens (tertiary/aromatic N) is 1. The molecule has 0 aliphatic carbocycles. The van der Waals surface area contributed by atoms with E-state index in [9.17, 15) is 9.59 Å². The van der Waals surface area contributed by atoms with Crippen LogP contribution in [0.5, 0.6) is 0 Å². The molecule has 0 fully saturated rings. The molecule has 4 rings (SSSR count). The maximum Gasteiger partial charge on any atom is 0.344 e. The molecule has 2 aromatic carbocycles. The molecule has 0 saturated heterocycles. The highest BCUT2D eigenvalue weighted by Crippen LogP contribution is 2.33. The summed E-state index contributed by atoms with van der Waals surface area (Å²) in [7, 11) is 0. The summed E-state index contributed by atoms with van der Waals surface area (Å²) in [6.45, 7) is 1.93. The second kappa shape index (κ2) is 9.23. The second-order valence-electron chi connectivity index (χ2n) is 7.08. The van der Waals surface area contributed by atoms with Gasteiger partial charge in [-0.25, -0.2) is 4.79 Å². The van der Waals surface area contributed by atoms with Crippen LogP contribution in [-0.4, -0.2) is 17.4 Å². The maximum absolute atomic E-state index is 12.7. The highest BCUT2D eigenvalue weighted by atomic mass is 16.7. The first kappa shape index (κ1) is 20.3. The van der Waals surface area contributed by atoms with E-state index in [0.29, 0.717) is 6.41 Å². The van der Waals surface area contributed by atoms with Gasteiger partial charge in [-0.1, -0.05) is 48.5 Å². The van der Waals surface area contributed by atoms with Gasteiger partial charge >= 0.3 is 5.97 Å². The molecule has 2 atom stereocenters. The van der Waals surface area contributed by atoms with E-state index in [-0.39, 0.29) is 6.10 Å². The Morgan fingerprint density at radius 1 is 1.19 bits per heavy atom. The molecule has 1 aromatic heterocycles. The van der Waals surface area contributed by atoms with Crippen molar-refractivity contribution in [3.8, 4) is 0 Å². The lowest BCUT2D eigenvalue weighted by molar-refractivity contribution is -0.155. The summed E-state index contributed by atoms with van der Waals surface area (Å²) >= 11 is 0. The molecule has 0 saturated carbocycles. The fourth-order valence-corrected chi connectivity index (χ4v) is 3.62. The summed E-state index contributed by atoms with van der Waals surface area (Å²) in [5.74, 6) is -1.24. The van der Waals surface area contributed by atoms with Gasteiger partial charge < -0.3 is 4.84 Å². The molecule has 0 bridgehead atoms. The van der Waals surface area contributed by atoms with Crippen molar-refractivity contribution in [3.63, 3.8) is 0 Å². The van der Waals surface area contributed by atoms with Crippen molar-refractivity contribution < 1.29 is 19.3 Å². The van der Waals surface area contributed by atoms with Gasteiger partial charge in [-0.15, -0.1) is 0 Å². The fraction of sp³-hybridized carbons (Fsp3) is 0.125. The van der Waals surface area contributed by atoms with Crippen molar-refractivity contribution in [2.75, 3.05) is 0 Å². The van der Waals surface area contributed by atoms with Crippen LogP contribution in [0.2, 0.25) is 0 Å². The van der Waals surface area contributed by atoms with Gasteiger partial charge in [0.15, 0.2) is 0 Å². The molecule has 1 aliphatic heterocycles. The Labute approximate surface area is 179 Å². The van der Waals surface area contributed by atoms with Gasteiger partial charge in [0.25, 0.3) is 0 Å². The van der Waals surface area contributed by atoms with E-state index in [0.717, 1.165) is 33.5 Å². The monoisotopic (exact) mass is 415 g/mol. The second-order valence-corrected chi connectivity index (χ2v) is 7.08. The molecule has 7 nitrogen and oxygen atoms in total. The van der Waals surface area contributed by atoms with Crippen molar-refractivity contribution in [1.82, 2.24) is 15.9 Å². The predicted octanol–water partition coefficient (Wildman–Crippen LogP) is 3.34. The number of hydroxylamine groups is 2. The third kappa shape index (κ3) is 4.46. The standard InChI is InChI=1S/C24H21N3O4/c1-16-12-18(22-13-21(27-30-22)19-8-5-11-25-14-19)9-10-20(16)23(24(29)31-26-15-28)17-6-3-2-4-7-17/h2-15,22-23,27H,1H3,(H,26,28). The number of benzene rings is 2. The van der Waals surface area contributed by atoms with Crippen molar-refractivity contribution in [2.45, 2.75) is 18.9 Å². The van der Waals surface area contributed by atoms with Gasteiger partial charge in [0, 0.05) is 18.0 Å². The summed E-state index contributed by atoms with van der Waals surface area (Å²) in [6.07, 6.45) is 5.52. The Morgan fingerprint density at radius 3 is 2.74 bits per heavy atom. The van der Waals surface area contributed by atoms with Crippen LogP contribution in [0, 0.1) is 6.92 Å². The highest BCUT2D eigenvalue weighted by Gasteiger charge is 2.27. The van der Waals surface area contributed by atoms with Crippen LogP contribution in [0.4, 0.5) is 0 Å². The lowest BCUT2D eigenvalue weighted by Gasteiger charge is -2.19. The molecule has 2 N–H and O–H groups in total. The third-order valence-corrected chi connectivity index (χ3v) is 5.10. The van der Waals surface area contributed by atoms with Crippen LogP contribution in [0.3, 0.4) is 0 Å². The molecule has 31 heavy (non-hydrogen) atoms. The van der Waals surface area contributed by atoms with E-state index >= 15 is 0 Å². The topological polar surface area (TPSA) is 89.6 Å². The quantitative estimate of drug-likeness (QED) is 0.454. The molecule has 7 heteroatoms. The Bertz CT molecular complexity index is 1100. The Hall–Kier alpha value is -3.97. The smallest absolute Gasteiger partial charge is 0.340 e. The van der Waals surface area contributed by atoms with Gasteiger partial charge in [0.2, 0.25) is 6.41 Å². The molecular weight excluding hydrogens is 394 g/mol. The minimum Gasteiger partial charge on any atom is -0.340 e. The van der Waals surface area contributed by atoms with Crippen molar-refractivity contribution in [3.05, 3.63) is 107 Å². The summed E-state index contributed by atoms with van der Waals surface area (Å²) < 4.78 is 0. The molecule has 2 unspecified atom stereocenters. The van der Waals surface area contributed by atoms with Gasteiger partial charge in [-0.3, -0.25) is 20.1 Å². The van der Waals surface area contributed by atoms with Gasteiger partial charge in [0.1, 0.15) is 12.0 Å². The fourth-order valence-electron chi connectivity index (χ4n) is 3.62. The number of aromatic nitrogens is 1. The average Bonchev–Trinajstić information content (AvgIpc) is 3.31. The summed E-state index contributed by atoms with van der Waals surface area (Å²) in [5.41, 5.74) is 10.1. The number of amides is 1. The zero-order valence-electron chi connectivity index (χ0n) is 16.8. The van der Waals surface area contributed by atoms with E-state index in [1.54, 1.807) is 12.4 Å². The Balaban J connectivity index is 1.63.